The Hall–Kier alpha value is -3.73. The molecule has 0 saturated carbocycles. The number of nitro groups is 1. The Kier molecular flexibility index (Phi) is 6.06. The second-order valence-corrected chi connectivity index (χ2v) is 11.2. The van der Waals surface area contributed by atoms with Crippen molar-refractivity contribution in [3.63, 3.8) is 0 Å². The maximum Gasteiger partial charge on any atom is 0.270 e. The van der Waals surface area contributed by atoms with Crippen molar-refractivity contribution < 1.29 is 9.50 Å². The van der Waals surface area contributed by atoms with Crippen LogP contribution < -0.4 is 4.90 Å². The van der Waals surface area contributed by atoms with Crippen LogP contribution in [0.2, 0.25) is 0 Å². The number of hydrogen-bond acceptors (Lipinski definition) is 3. The van der Waals surface area contributed by atoms with Gasteiger partial charge < -0.3 is 4.90 Å². The van der Waals surface area contributed by atoms with E-state index < -0.39 is 0 Å². The predicted octanol–water partition coefficient (Wildman–Crippen LogP) is 7.79. The van der Waals surface area contributed by atoms with Gasteiger partial charge in [-0.1, -0.05) is 63.6 Å². The summed E-state index contributed by atoms with van der Waals surface area (Å²) >= 11 is 0. The van der Waals surface area contributed by atoms with Crippen LogP contribution in [-0.4, -0.2) is 28.8 Å². The van der Waals surface area contributed by atoms with Gasteiger partial charge >= 0.3 is 0 Å². The van der Waals surface area contributed by atoms with Crippen molar-refractivity contribution in [3.05, 3.63) is 99.8 Å². The van der Waals surface area contributed by atoms with E-state index in [0.717, 1.165) is 36.3 Å². The van der Waals surface area contributed by atoms with Crippen LogP contribution in [-0.2, 0) is 10.8 Å². The molecule has 0 atom stereocenters. The molecule has 2 aliphatic heterocycles. The highest BCUT2D eigenvalue weighted by Crippen LogP contribution is 2.51. The van der Waals surface area contributed by atoms with Crippen LogP contribution in [0.4, 0.5) is 17.1 Å². The SMILES string of the molecule is CCCCN1/C(=C/C=C/C2=[N+](C)c3ccc([N+](=O)[O-])cc3C2(C)C)C(C)(C)c2c1ccc1ccccc21. The summed E-state index contributed by atoms with van der Waals surface area (Å²) in [6.07, 6.45) is 8.88. The number of allylic oxidation sites excluding steroid dienone is 4. The molecule has 3 aromatic rings. The molecule has 2 heterocycles. The first-order chi connectivity index (χ1) is 17.6. The van der Waals surface area contributed by atoms with Crippen molar-refractivity contribution in [1.82, 2.24) is 0 Å². The van der Waals surface area contributed by atoms with E-state index in [-0.39, 0.29) is 21.4 Å². The quantitative estimate of drug-likeness (QED) is 0.200. The highest BCUT2D eigenvalue weighted by atomic mass is 16.6. The van der Waals surface area contributed by atoms with Crippen LogP contribution in [0.5, 0.6) is 0 Å². The average Bonchev–Trinajstić information content (AvgIpc) is 3.21. The van der Waals surface area contributed by atoms with E-state index in [1.165, 1.54) is 27.7 Å². The minimum Gasteiger partial charge on any atom is -0.344 e. The van der Waals surface area contributed by atoms with E-state index in [9.17, 15) is 10.1 Å². The topological polar surface area (TPSA) is 49.4 Å². The van der Waals surface area contributed by atoms with Gasteiger partial charge in [0.05, 0.1) is 10.3 Å². The molecule has 2 aliphatic rings. The lowest BCUT2D eigenvalue weighted by Gasteiger charge is -2.27. The van der Waals surface area contributed by atoms with Crippen molar-refractivity contribution in [1.29, 1.82) is 0 Å². The van der Waals surface area contributed by atoms with Gasteiger partial charge in [-0.3, -0.25) is 10.1 Å². The molecule has 3 aromatic carbocycles. The highest BCUT2D eigenvalue weighted by Gasteiger charge is 2.44. The number of unbranched alkanes of at least 4 members (excludes halogenated alkanes) is 1. The Labute approximate surface area is 219 Å². The molecule has 0 bridgehead atoms. The summed E-state index contributed by atoms with van der Waals surface area (Å²) in [6, 6.07) is 18.4. The number of nitrogens with zero attached hydrogens (tertiary/aromatic N) is 3. The fourth-order valence-electron chi connectivity index (χ4n) is 6.26. The van der Waals surface area contributed by atoms with Gasteiger partial charge in [0.15, 0.2) is 5.71 Å². The maximum atomic E-state index is 11.4. The summed E-state index contributed by atoms with van der Waals surface area (Å²) in [5.41, 5.74) is 6.80. The maximum absolute atomic E-state index is 11.4. The summed E-state index contributed by atoms with van der Waals surface area (Å²) < 4.78 is 2.16. The Morgan fingerprint density at radius 2 is 1.78 bits per heavy atom. The monoisotopic (exact) mass is 494 g/mol. The Morgan fingerprint density at radius 1 is 1.03 bits per heavy atom. The molecular weight excluding hydrogens is 458 g/mol. The highest BCUT2D eigenvalue weighted by molar-refractivity contribution is 6.03. The van der Waals surface area contributed by atoms with Gasteiger partial charge in [0.25, 0.3) is 5.69 Å². The second kappa shape index (κ2) is 8.98. The first-order valence-electron chi connectivity index (χ1n) is 13.2. The van der Waals surface area contributed by atoms with Gasteiger partial charge in [0, 0.05) is 53.2 Å². The van der Waals surface area contributed by atoms with Gasteiger partial charge in [-0.2, -0.15) is 4.58 Å². The number of hydrogen-bond donors (Lipinski definition) is 0. The lowest BCUT2D eigenvalue weighted by atomic mass is 9.80. The van der Waals surface area contributed by atoms with Crippen LogP contribution in [0.3, 0.4) is 0 Å². The Balaban J connectivity index is 1.56. The minimum atomic E-state index is -0.336. The van der Waals surface area contributed by atoms with Crippen LogP contribution >= 0.6 is 0 Å². The third-order valence-electron chi connectivity index (χ3n) is 8.22. The molecule has 0 fully saturated rings. The second-order valence-electron chi connectivity index (χ2n) is 11.2. The lowest BCUT2D eigenvalue weighted by Crippen LogP contribution is -2.27. The summed E-state index contributed by atoms with van der Waals surface area (Å²) in [4.78, 5) is 13.6. The van der Waals surface area contributed by atoms with E-state index >= 15 is 0 Å². The average molecular weight is 495 g/mol. The molecule has 0 unspecified atom stereocenters. The minimum absolute atomic E-state index is 0.136. The molecule has 5 nitrogen and oxygen atoms in total. The summed E-state index contributed by atoms with van der Waals surface area (Å²) in [5, 5.41) is 14.0. The molecule has 0 saturated heterocycles. The van der Waals surface area contributed by atoms with Crippen molar-refractivity contribution in [2.45, 2.75) is 58.3 Å². The number of non-ortho nitro benzene ring substituents is 1. The van der Waals surface area contributed by atoms with Gasteiger partial charge in [-0.05, 0) is 48.7 Å². The van der Waals surface area contributed by atoms with Crippen LogP contribution in [0.15, 0.2) is 78.5 Å². The van der Waals surface area contributed by atoms with Crippen LogP contribution in [0, 0.1) is 10.1 Å². The van der Waals surface area contributed by atoms with E-state index in [4.69, 9.17) is 0 Å². The van der Waals surface area contributed by atoms with E-state index in [1.54, 1.807) is 12.1 Å². The van der Waals surface area contributed by atoms with Gasteiger partial charge in [-0.15, -0.1) is 0 Å². The van der Waals surface area contributed by atoms with Gasteiger partial charge in [0.1, 0.15) is 7.05 Å². The first kappa shape index (κ1) is 24.9. The molecule has 0 amide bonds. The molecule has 5 rings (SSSR count). The molecule has 0 radical (unpaired) electrons. The molecule has 0 spiro atoms. The predicted molar refractivity (Wildman–Crippen MR) is 153 cm³/mol. The molecule has 5 heteroatoms. The Bertz CT molecular complexity index is 1510. The third-order valence-corrected chi connectivity index (χ3v) is 8.22. The summed E-state index contributed by atoms with van der Waals surface area (Å²) in [7, 11) is 2.04. The van der Waals surface area contributed by atoms with Gasteiger partial charge in [0.2, 0.25) is 5.69 Å². The van der Waals surface area contributed by atoms with Crippen LogP contribution in [0.1, 0.15) is 58.6 Å². The lowest BCUT2D eigenvalue weighted by molar-refractivity contribution is -0.402. The van der Waals surface area contributed by atoms with Crippen molar-refractivity contribution in [3.8, 4) is 0 Å². The van der Waals surface area contributed by atoms with Crippen LogP contribution in [0.25, 0.3) is 10.8 Å². The van der Waals surface area contributed by atoms with Crippen molar-refractivity contribution in [2.75, 3.05) is 18.5 Å². The zero-order valence-corrected chi connectivity index (χ0v) is 22.7. The number of nitro benzene ring substituents is 1. The van der Waals surface area contributed by atoms with E-state index in [2.05, 4.69) is 98.7 Å². The summed E-state index contributed by atoms with van der Waals surface area (Å²) in [5.74, 6) is 0. The number of rotatable bonds is 6. The molecule has 0 N–H and O–H groups in total. The van der Waals surface area contributed by atoms with Gasteiger partial charge in [-0.25, -0.2) is 0 Å². The van der Waals surface area contributed by atoms with E-state index in [0.29, 0.717) is 0 Å². The summed E-state index contributed by atoms with van der Waals surface area (Å²) in [6.45, 7) is 12.2. The molecule has 190 valence electrons. The smallest absolute Gasteiger partial charge is 0.270 e. The number of fused-ring (bicyclic) bond motifs is 4. The number of anilines is 1. The van der Waals surface area contributed by atoms with E-state index in [1.807, 2.05) is 13.1 Å². The molecule has 0 aliphatic carbocycles. The third kappa shape index (κ3) is 3.88. The fraction of sp³-hybridized carbons (Fsp3) is 0.344. The molecule has 0 aromatic heterocycles. The fourth-order valence-corrected chi connectivity index (χ4v) is 6.26. The zero-order chi connectivity index (χ0) is 26.5. The zero-order valence-electron chi connectivity index (χ0n) is 22.7. The number of benzene rings is 3. The largest absolute Gasteiger partial charge is 0.344 e. The standard InChI is InChI=1S/C32H36N3O2/c1-7-8-20-34-27-18-16-22-12-9-10-13-24(22)30(27)32(4,5)29(34)15-11-14-28-31(2,3)25-21-23(35(36)37)17-19-26(25)33(28)6/h9-19,21H,7-8,20H2,1-6H3/q+1. The Morgan fingerprint density at radius 3 is 2.51 bits per heavy atom. The first-order valence-corrected chi connectivity index (χ1v) is 13.2. The molecular formula is C32H36N3O2+. The molecule has 37 heavy (non-hydrogen) atoms. The van der Waals surface area contributed by atoms with Crippen molar-refractivity contribution >= 4 is 33.5 Å². The van der Waals surface area contributed by atoms with Crippen molar-refractivity contribution in [2.24, 2.45) is 0 Å². The normalized spacial score (nSPS) is 18.8.